The Balaban J connectivity index is 1.40. The first-order valence-electron chi connectivity index (χ1n) is 10.3. The molecule has 1 saturated carbocycles. The minimum Gasteiger partial charge on any atom is -0.507 e. The maximum atomic E-state index is 10.5. The van der Waals surface area contributed by atoms with Crippen LogP contribution >= 0.6 is 11.3 Å². The fraction of sp³-hybridized carbons (Fsp3) is 0.476. The number of aromatic nitrogens is 6. The molecule has 9 heteroatoms. The number of fused-ring (bicyclic) bond motifs is 2. The van der Waals surface area contributed by atoms with Gasteiger partial charge < -0.3 is 10.4 Å². The van der Waals surface area contributed by atoms with E-state index in [1.807, 2.05) is 23.7 Å². The zero-order valence-corrected chi connectivity index (χ0v) is 18.0. The van der Waals surface area contributed by atoms with Crippen LogP contribution in [0.2, 0.25) is 0 Å². The largest absolute Gasteiger partial charge is 0.507 e. The molecule has 1 atom stereocenters. The summed E-state index contributed by atoms with van der Waals surface area (Å²) >= 11 is 1.59. The molecule has 1 aromatic carbocycles. The molecule has 1 unspecified atom stereocenters. The first-order valence-corrected chi connectivity index (χ1v) is 11.1. The van der Waals surface area contributed by atoms with E-state index in [0.29, 0.717) is 22.4 Å². The number of aryl methyl sites for hydroxylation is 1. The average Bonchev–Trinajstić information content (AvgIpc) is 3.10. The fourth-order valence-electron chi connectivity index (χ4n) is 5.00. The third-order valence-corrected chi connectivity index (χ3v) is 7.22. The summed E-state index contributed by atoms with van der Waals surface area (Å²) in [5, 5.41) is 33.0. The smallest absolute Gasteiger partial charge is 0.201 e. The summed E-state index contributed by atoms with van der Waals surface area (Å²) in [7, 11) is 0. The highest BCUT2D eigenvalue weighted by Crippen LogP contribution is 2.49. The molecule has 1 aliphatic carbocycles. The van der Waals surface area contributed by atoms with Crippen LogP contribution in [0.25, 0.3) is 32.6 Å². The van der Waals surface area contributed by atoms with Gasteiger partial charge in [0.05, 0.1) is 27.0 Å². The molecule has 1 aliphatic heterocycles. The quantitative estimate of drug-likeness (QED) is 0.508. The average molecular weight is 422 g/mol. The van der Waals surface area contributed by atoms with Gasteiger partial charge in [0.15, 0.2) is 0 Å². The molecule has 2 fully saturated rings. The summed E-state index contributed by atoms with van der Waals surface area (Å²) in [6.07, 6.45) is 4.45. The molecule has 30 heavy (non-hydrogen) atoms. The van der Waals surface area contributed by atoms with E-state index in [4.69, 9.17) is 0 Å². The lowest BCUT2D eigenvalue weighted by atomic mass is 9.84. The van der Waals surface area contributed by atoms with E-state index in [1.54, 1.807) is 17.4 Å². The van der Waals surface area contributed by atoms with Crippen LogP contribution in [0.1, 0.15) is 50.6 Å². The van der Waals surface area contributed by atoms with Crippen LogP contribution in [-0.2, 0) is 0 Å². The Bertz CT molecular complexity index is 1300. The van der Waals surface area contributed by atoms with Gasteiger partial charge in [0, 0.05) is 22.7 Å². The van der Waals surface area contributed by atoms with Crippen molar-refractivity contribution in [2.45, 2.75) is 63.6 Å². The van der Waals surface area contributed by atoms with Gasteiger partial charge in [-0.1, -0.05) is 5.21 Å². The number of nitrogens with one attached hydrogen (secondary N) is 1. The summed E-state index contributed by atoms with van der Waals surface area (Å²) in [5.41, 5.74) is 3.71. The van der Waals surface area contributed by atoms with E-state index in [9.17, 15) is 5.11 Å². The van der Waals surface area contributed by atoms with Crippen LogP contribution in [0, 0.1) is 6.92 Å². The van der Waals surface area contributed by atoms with Crippen LogP contribution in [0.5, 0.6) is 5.75 Å². The van der Waals surface area contributed by atoms with Gasteiger partial charge in [0.2, 0.25) is 5.65 Å². The van der Waals surface area contributed by atoms with E-state index in [1.165, 1.54) is 12.8 Å². The van der Waals surface area contributed by atoms with Crippen molar-refractivity contribution in [3.8, 4) is 17.0 Å². The number of nitrogens with zero attached hydrogens (tertiary/aromatic N) is 6. The van der Waals surface area contributed by atoms with Crippen molar-refractivity contribution in [3.63, 3.8) is 0 Å². The van der Waals surface area contributed by atoms with Gasteiger partial charge in [-0.15, -0.1) is 26.6 Å². The van der Waals surface area contributed by atoms with Crippen molar-refractivity contribution in [2.24, 2.45) is 0 Å². The Hall–Kier alpha value is -2.65. The second-order valence-electron chi connectivity index (χ2n) is 9.39. The first-order chi connectivity index (χ1) is 14.3. The molecule has 154 valence electrons. The lowest BCUT2D eigenvalue weighted by Gasteiger charge is -2.42. The molecule has 0 radical (unpaired) electrons. The number of thiazole rings is 1. The summed E-state index contributed by atoms with van der Waals surface area (Å²) in [6, 6.07) is 5.71. The van der Waals surface area contributed by atoms with E-state index >= 15 is 0 Å². The molecular weight excluding hydrogens is 398 g/mol. The zero-order chi connectivity index (χ0) is 20.7. The van der Waals surface area contributed by atoms with Crippen molar-refractivity contribution >= 4 is 32.7 Å². The predicted molar refractivity (Wildman–Crippen MR) is 116 cm³/mol. The molecular formula is C21H23N7OS. The molecule has 8 nitrogen and oxygen atoms in total. The van der Waals surface area contributed by atoms with Crippen molar-refractivity contribution < 1.29 is 5.11 Å². The fourth-order valence-corrected chi connectivity index (χ4v) is 5.84. The van der Waals surface area contributed by atoms with Gasteiger partial charge in [-0.2, -0.15) is 0 Å². The lowest BCUT2D eigenvalue weighted by molar-refractivity contribution is 0.163. The molecule has 1 saturated heterocycles. The topological polar surface area (TPSA) is 102 Å². The maximum Gasteiger partial charge on any atom is 0.201 e. The predicted octanol–water partition coefficient (Wildman–Crippen LogP) is 3.75. The van der Waals surface area contributed by atoms with E-state index in [-0.39, 0.29) is 22.9 Å². The third kappa shape index (κ3) is 2.87. The van der Waals surface area contributed by atoms with Gasteiger partial charge in [0.1, 0.15) is 11.3 Å². The molecule has 0 bridgehead atoms. The Morgan fingerprint density at radius 2 is 1.93 bits per heavy atom. The second-order valence-corrected chi connectivity index (χ2v) is 10.6. The number of rotatable bonds is 2. The second kappa shape index (κ2) is 5.95. The van der Waals surface area contributed by atoms with Crippen molar-refractivity contribution in [3.05, 3.63) is 23.2 Å². The van der Waals surface area contributed by atoms with Crippen LogP contribution in [-0.4, -0.2) is 46.4 Å². The van der Waals surface area contributed by atoms with E-state index in [2.05, 4.69) is 44.7 Å². The Kier molecular flexibility index (Phi) is 3.60. The van der Waals surface area contributed by atoms with Crippen LogP contribution < -0.4 is 5.32 Å². The normalized spacial score (nSPS) is 22.2. The SMILES string of the molecule is Cc1nc2cc(O)c(-c3cc4nnn(C5CC(C)(C)NC6(CC6)C5)c4nn3)cc2s1. The number of aromatic hydroxyl groups is 1. The van der Waals surface area contributed by atoms with E-state index < -0.39 is 0 Å². The molecule has 4 aromatic rings. The molecule has 3 aromatic heterocycles. The Labute approximate surface area is 177 Å². The van der Waals surface area contributed by atoms with E-state index in [0.717, 1.165) is 28.1 Å². The third-order valence-electron chi connectivity index (χ3n) is 6.28. The number of benzene rings is 1. The number of piperidine rings is 1. The summed E-state index contributed by atoms with van der Waals surface area (Å²) in [5.74, 6) is 0.143. The number of phenols is 1. The van der Waals surface area contributed by atoms with Crippen LogP contribution in [0.3, 0.4) is 0 Å². The Morgan fingerprint density at radius 1 is 1.10 bits per heavy atom. The summed E-state index contributed by atoms with van der Waals surface area (Å²) < 4.78 is 2.96. The van der Waals surface area contributed by atoms with Crippen molar-refractivity contribution in [1.29, 1.82) is 0 Å². The number of hydrogen-bond donors (Lipinski definition) is 2. The standard InChI is InChI=1S/C21H23N7OS/c1-11-22-15-8-17(29)13(6-18(15)30-11)14-7-16-19(25-23-14)28(27-24-16)12-9-20(2,3)26-21(10-12)4-5-21/h6-8,12,26,29H,4-5,9-10H2,1-3H3. The monoisotopic (exact) mass is 421 g/mol. The van der Waals surface area contributed by atoms with Gasteiger partial charge in [-0.3, -0.25) is 0 Å². The minimum absolute atomic E-state index is 0.0547. The zero-order valence-electron chi connectivity index (χ0n) is 17.2. The van der Waals surface area contributed by atoms with Gasteiger partial charge in [0.25, 0.3) is 0 Å². The Morgan fingerprint density at radius 3 is 2.73 bits per heavy atom. The lowest BCUT2D eigenvalue weighted by Crippen LogP contribution is -2.54. The highest BCUT2D eigenvalue weighted by molar-refractivity contribution is 7.18. The molecule has 6 rings (SSSR count). The number of phenolic OH excluding ortho intramolecular Hbond substituents is 1. The molecule has 0 amide bonds. The highest BCUT2D eigenvalue weighted by Gasteiger charge is 2.51. The van der Waals surface area contributed by atoms with Crippen molar-refractivity contribution in [2.75, 3.05) is 0 Å². The van der Waals surface area contributed by atoms with Gasteiger partial charge >= 0.3 is 0 Å². The minimum atomic E-state index is 0.0547. The van der Waals surface area contributed by atoms with Crippen LogP contribution in [0.4, 0.5) is 0 Å². The summed E-state index contributed by atoms with van der Waals surface area (Å²) in [4.78, 5) is 4.43. The van der Waals surface area contributed by atoms with Crippen LogP contribution in [0.15, 0.2) is 18.2 Å². The number of hydrogen-bond acceptors (Lipinski definition) is 8. The highest BCUT2D eigenvalue weighted by atomic mass is 32.1. The molecule has 2 aliphatic rings. The molecule has 1 spiro atoms. The van der Waals surface area contributed by atoms with Crippen molar-refractivity contribution in [1.82, 2.24) is 35.5 Å². The molecule has 2 N–H and O–H groups in total. The molecule has 4 heterocycles. The van der Waals surface area contributed by atoms with Gasteiger partial charge in [-0.05, 0) is 58.6 Å². The first kappa shape index (κ1) is 18.1. The summed E-state index contributed by atoms with van der Waals surface area (Å²) in [6.45, 7) is 6.46. The maximum absolute atomic E-state index is 10.5. The van der Waals surface area contributed by atoms with Gasteiger partial charge in [-0.25, -0.2) is 9.67 Å².